The summed E-state index contributed by atoms with van der Waals surface area (Å²) in [6.07, 6.45) is 2.70. The van der Waals surface area contributed by atoms with E-state index in [1.807, 2.05) is 0 Å². The van der Waals surface area contributed by atoms with Gasteiger partial charge >= 0.3 is 0 Å². The van der Waals surface area contributed by atoms with Crippen LogP contribution in [0.25, 0.3) is 22.1 Å². The van der Waals surface area contributed by atoms with Crippen molar-refractivity contribution in [3.8, 4) is 16.9 Å². The second-order valence-electron chi connectivity index (χ2n) is 8.07. The Morgan fingerprint density at radius 2 is 1.79 bits per heavy atom. The molecule has 2 unspecified atom stereocenters. The van der Waals surface area contributed by atoms with Crippen molar-refractivity contribution in [3.05, 3.63) is 63.5 Å². The third-order valence-electron chi connectivity index (χ3n) is 5.50. The first-order chi connectivity index (χ1) is 13.4. The van der Waals surface area contributed by atoms with Gasteiger partial charge in [0, 0.05) is 24.7 Å². The average molecular weight is 398 g/mol. The highest BCUT2D eigenvalue weighted by atomic mass is 35.5. The number of hydrogen-bond donors (Lipinski definition) is 1. The highest BCUT2D eigenvalue weighted by molar-refractivity contribution is 6.30. The first-order valence-corrected chi connectivity index (χ1v) is 10.0. The van der Waals surface area contributed by atoms with Gasteiger partial charge < -0.3 is 9.52 Å². The summed E-state index contributed by atoms with van der Waals surface area (Å²) < 4.78 is 5.90. The van der Waals surface area contributed by atoms with Gasteiger partial charge in [-0.25, -0.2) is 0 Å². The van der Waals surface area contributed by atoms with Gasteiger partial charge in [-0.05, 0) is 48.1 Å². The summed E-state index contributed by atoms with van der Waals surface area (Å²) in [5.74, 6) is 1.40. The Morgan fingerprint density at radius 3 is 2.46 bits per heavy atom. The van der Waals surface area contributed by atoms with Crippen LogP contribution in [0.4, 0.5) is 0 Å². The Hall–Kier alpha value is -2.30. The molecule has 1 aliphatic heterocycles. The molecule has 4 rings (SSSR count). The Kier molecular flexibility index (Phi) is 5.17. The number of fused-ring (bicyclic) bond motifs is 1. The standard InChI is InChI=1S/C23H24ClNO3/c1-14-9-15(2)11-25(10-14)12-19-21(26)8-7-18-22(27)20(13-28-23(18)19)16-3-5-17(24)6-4-16/h3-8,13-15,26H,9-12H2,1-2H3. The number of halogens is 1. The predicted molar refractivity (Wildman–Crippen MR) is 113 cm³/mol. The van der Waals surface area contributed by atoms with E-state index in [-0.39, 0.29) is 11.2 Å². The maximum Gasteiger partial charge on any atom is 0.200 e. The number of rotatable bonds is 3. The molecule has 146 valence electrons. The smallest absolute Gasteiger partial charge is 0.200 e. The van der Waals surface area contributed by atoms with Crippen LogP contribution in [-0.2, 0) is 6.54 Å². The fraction of sp³-hybridized carbons (Fsp3) is 0.348. The van der Waals surface area contributed by atoms with Crippen molar-refractivity contribution < 1.29 is 9.52 Å². The lowest BCUT2D eigenvalue weighted by molar-refractivity contribution is 0.133. The van der Waals surface area contributed by atoms with Gasteiger partial charge in [0.05, 0.1) is 16.5 Å². The normalized spacial score (nSPS) is 20.5. The SMILES string of the molecule is CC1CC(C)CN(Cc2c(O)ccc3c(=O)c(-c4ccc(Cl)cc4)coc23)C1. The van der Waals surface area contributed by atoms with Crippen LogP contribution in [0.5, 0.6) is 5.75 Å². The monoisotopic (exact) mass is 397 g/mol. The highest BCUT2D eigenvalue weighted by Crippen LogP contribution is 2.31. The summed E-state index contributed by atoms with van der Waals surface area (Å²) in [7, 11) is 0. The Labute approximate surface area is 169 Å². The van der Waals surface area contributed by atoms with Crippen LogP contribution in [0.3, 0.4) is 0 Å². The highest BCUT2D eigenvalue weighted by Gasteiger charge is 2.24. The molecule has 28 heavy (non-hydrogen) atoms. The lowest BCUT2D eigenvalue weighted by atomic mass is 9.91. The number of phenols is 1. The number of aromatic hydroxyl groups is 1. The number of likely N-dealkylation sites (tertiary alicyclic amines) is 1. The van der Waals surface area contributed by atoms with Gasteiger partial charge in [0.25, 0.3) is 0 Å². The molecule has 3 aromatic rings. The second kappa shape index (κ2) is 7.61. The van der Waals surface area contributed by atoms with Gasteiger partial charge in [-0.15, -0.1) is 0 Å². The molecular weight excluding hydrogens is 374 g/mol. The van der Waals surface area contributed by atoms with Crippen molar-refractivity contribution in [3.63, 3.8) is 0 Å². The third-order valence-corrected chi connectivity index (χ3v) is 5.75. The minimum Gasteiger partial charge on any atom is -0.507 e. The quantitative estimate of drug-likeness (QED) is 0.651. The molecule has 1 fully saturated rings. The minimum atomic E-state index is -0.106. The molecule has 5 heteroatoms. The van der Waals surface area contributed by atoms with Crippen LogP contribution in [0.1, 0.15) is 25.8 Å². The van der Waals surface area contributed by atoms with Crippen molar-refractivity contribution in [2.45, 2.75) is 26.8 Å². The number of phenolic OH excluding ortho intramolecular Hbond substituents is 1. The van der Waals surface area contributed by atoms with Gasteiger partial charge in [-0.1, -0.05) is 37.6 Å². The van der Waals surface area contributed by atoms with E-state index in [4.69, 9.17) is 16.0 Å². The first-order valence-electron chi connectivity index (χ1n) is 9.67. The summed E-state index contributed by atoms with van der Waals surface area (Å²) in [5, 5.41) is 11.6. The summed E-state index contributed by atoms with van der Waals surface area (Å²) in [6.45, 7) is 7.04. The maximum absolute atomic E-state index is 13.1. The van der Waals surface area contributed by atoms with Crippen molar-refractivity contribution in [1.29, 1.82) is 0 Å². The molecule has 0 aliphatic carbocycles. The van der Waals surface area contributed by atoms with Crippen molar-refractivity contribution in [2.75, 3.05) is 13.1 Å². The fourth-order valence-corrected chi connectivity index (χ4v) is 4.50. The van der Waals surface area contributed by atoms with Crippen LogP contribution in [0.15, 0.2) is 51.9 Å². The summed E-state index contributed by atoms with van der Waals surface area (Å²) in [5.41, 5.74) is 2.28. The van der Waals surface area contributed by atoms with E-state index in [2.05, 4.69) is 18.7 Å². The Bertz CT molecular complexity index is 1050. The molecule has 0 amide bonds. The molecule has 0 bridgehead atoms. The molecule has 0 radical (unpaired) electrons. The van der Waals surface area contributed by atoms with Gasteiger partial charge in [0.15, 0.2) is 0 Å². The molecule has 1 aliphatic rings. The van der Waals surface area contributed by atoms with Crippen LogP contribution < -0.4 is 5.43 Å². The predicted octanol–water partition coefficient (Wildman–Crippen LogP) is 5.30. The summed E-state index contributed by atoms with van der Waals surface area (Å²) >= 11 is 5.95. The van der Waals surface area contributed by atoms with Gasteiger partial charge in [-0.2, -0.15) is 0 Å². The molecule has 1 saturated heterocycles. The number of benzene rings is 2. The van der Waals surface area contributed by atoms with Gasteiger partial charge in [0.2, 0.25) is 5.43 Å². The molecule has 2 heterocycles. The lowest BCUT2D eigenvalue weighted by Gasteiger charge is -2.35. The zero-order valence-electron chi connectivity index (χ0n) is 16.1. The van der Waals surface area contributed by atoms with Crippen LogP contribution in [0.2, 0.25) is 5.02 Å². The first kappa shape index (κ1) is 19.0. The fourth-order valence-electron chi connectivity index (χ4n) is 4.37. The van der Waals surface area contributed by atoms with Crippen molar-refractivity contribution in [1.82, 2.24) is 4.90 Å². The van der Waals surface area contributed by atoms with Crippen LogP contribution in [-0.4, -0.2) is 23.1 Å². The molecule has 2 atom stereocenters. The molecule has 4 nitrogen and oxygen atoms in total. The molecule has 0 spiro atoms. The topological polar surface area (TPSA) is 53.7 Å². The lowest BCUT2D eigenvalue weighted by Crippen LogP contribution is -2.38. The Balaban J connectivity index is 1.76. The van der Waals surface area contributed by atoms with Crippen molar-refractivity contribution >= 4 is 22.6 Å². The zero-order valence-corrected chi connectivity index (χ0v) is 16.9. The maximum atomic E-state index is 13.1. The molecule has 1 aromatic heterocycles. The summed E-state index contributed by atoms with van der Waals surface area (Å²) in [6, 6.07) is 10.3. The van der Waals surface area contributed by atoms with E-state index >= 15 is 0 Å². The van der Waals surface area contributed by atoms with E-state index in [1.54, 1.807) is 36.4 Å². The molecule has 0 saturated carbocycles. The van der Waals surface area contributed by atoms with E-state index in [0.717, 1.165) is 18.7 Å². The Morgan fingerprint density at radius 1 is 1.11 bits per heavy atom. The zero-order chi connectivity index (χ0) is 19.8. The van der Waals surface area contributed by atoms with Crippen molar-refractivity contribution in [2.24, 2.45) is 11.8 Å². The number of nitrogens with zero attached hydrogens (tertiary/aromatic N) is 1. The molecular formula is C23H24ClNO3. The average Bonchev–Trinajstić information content (AvgIpc) is 2.64. The molecule has 1 N–H and O–H groups in total. The number of piperidine rings is 1. The van der Waals surface area contributed by atoms with E-state index < -0.39 is 0 Å². The largest absolute Gasteiger partial charge is 0.507 e. The summed E-state index contributed by atoms with van der Waals surface area (Å²) in [4.78, 5) is 15.4. The third kappa shape index (κ3) is 3.67. The van der Waals surface area contributed by atoms with Crippen LogP contribution >= 0.6 is 11.6 Å². The van der Waals surface area contributed by atoms with Gasteiger partial charge in [-0.3, -0.25) is 9.69 Å². The van der Waals surface area contributed by atoms with Crippen LogP contribution in [0, 0.1) is 11.8 Å². The second-order valence-corrected chi connectivity index (χ2v) is 8.50. The van der Waals surface area contributed by atoms with E-state index in [9.17, 15) is 9.90 Å². The van der Waals surface area contributed by atoms with E-state index in [1.165, 1.54) is 12.7 Å². The van der Waals surface area contributed by atoms with E-state index in [0.29, 0.717) is 45.5 Å². The number of hydrogen-bond acceptors (Lipinski definition) is 4. The van der Waals surface area contributed by atoms with Gasteiger partial charge in [0.1, 0.15) is 17.6 Å². The minimum absolute atomic E-state index is 0.106. The molecule has 2 aromatic carbocycles.